The van der Waals surface area contributed by atoms with E-state index in [1.54, 1.807) is 14.1 Å². The van der Waals surface area contributed by atoms with Crippen molar-refractivity contribution >= 4 is 17.7 Å². The van der Waals surface area contributed by atoms with Crippen LogP contribution in [0.3, 0.4) is 0 Å². The van der Waals surface area contributed by atoms with Crippen LogP contribution in [0.4, 0.5) is 0 Å². The number of carbonyl (C=O) groups excluding carboxylic acids is 3. The van der Waals surface area contributed by atoms with Crippen LogP contribution in [-0.4, -0.2) is 60.2 Å². The first-order valence-corrected chi connectivity index (χ1v) is 6.67. The van der Waals surface area contributed by atoms with Gasteiger partial charge in [0, 0.05) is 33.1 Å². The van der Waals surface area contributed by atoms with Crippen LogP contribution >= 0.6 is 0 Å². The molecule has 0 aromatic heterocycles. The van der Waals surface area contributed by atoms with Crippen molar-refractivity contribution < 1.29 is 14.4 Å². The van der Waals surface area contributed by atoms with Crippen molar-refractivity contribution in [3.8, 4) is 0 Å². The van der Waals surface area contributed by atoms with E-state index in [1.807, 2.05) is 13.8 Å². The van der Waals surface area contributed by atoms with Gasteiger partial charge >= 0.3 is 0 Å². The molecular formula is C13H23N3O3. The van der Waals surface area contributed by atoms with Crippen molar-refractivity contribution in [2.24, 2.45) is 0 Å². The Morgan fingerprint density at radius 1 is 1.47 bits per heavy atom. The molecule has 1 saturated heterocycles. The zero-order valence-electron chi connectivity index (χ0n) is 12.1. The van der Waals surface area contributed by atoms with E-state index in [2.05, 4.69) is 5.32 Å². The van der Waals surface area contributed by atoms with Crippen molar-refractivity contribution in [1.82, 2.24) is 15.1 Å². The van der Waals surface area contributed by atoms with Crippen LogP contribution in [0.5, 0.6) is 0 Å². The Morgan fingerprint density at radius 2 is 2.11 bits per heavy atom. The Hall–Kier alpha value is -1.43. The van der Waals surface area contributed by atoms with Gasteiger partial charge in [-0.15, -0.1) is 0 Å². The average Bonchev–Trinajstić information content (AvgIpc) is 2.63. The number of amides is 3. The second-order valence-corrected chi connectivity index (χ2v) is 5.11. The number of hydrogen-bond acceptors (Lipinski definition) is 4. The normalized spacial score (nSPS) is 20.8. The molecule has 19 heavy (non-hydrogen) atoms. The number of rotatable bonds is 6. The van der Waals surface area contributed by atoms with E-state index in [-0.39, 0.29) is 30.2 Å². The summed E-state index contributed by atoms with van der Waals surface area (Å²) in [5.41, 5.74) is 0. The predicted molar refractivity (Wildman–Crippen MR) is 71.3 cm³/mol. The lowest BCUT2D eigenvalue weighted by Crippen LogP contribution is -2.43. The van der Waals surface area contributed by atoms with Gasteiger partial charge in [-0.2, -0.15) is 0 Å². The SMILES string of the molecule is CCC(C)N1C(=O)CC(NCCC(=O)N(C)C)C1=O. The van der Waals surface area contributed by atoms with Gasteiger partial charge in [-0.1, -0.05) is 6.92 Å². The first kappa shape index (κ1) is 15.6. The number of nitrogens with zero attached hydrogens (tertiary/aromatic N) is 2. The lowest BCUT2D eigenvalue weighted by Gasteiger charge is -2.21. The molecule has 0 aromatic rings. The van der Waals surface area contributed by atoms with Crippen LogP contribution in [0, 0.1) is 0 Å². The van der Waals surface area contributed by atoms with E-state index >= 15 is 0 Å². The van der Waals surface area contributed by atoms with Crippen LogP contribution in [0.2, 0.25) is 0 Å². The van der Waals surface area contributed by atoms with Crippen molar-refractivity contribution in [3.63, 3.8) is 0 Å². The molecule has 0 radical (unpaired) electrons. The Labute approximate surface area is 114 Å². The fourth-order valence-electron chi connectivity index (χ4n) is 2.03. The molecule has 1 fully saturated rings. The fourth-order valence-corrected chi connectivity index (χ4v) is 2.03. The first-order valence-electron chi connectivity index (χ1n) is 6.67. The lowest BCUT2D eigenvalue weighted by molar-refractivity contribution is -0.141. The molecule has 3 amide bonds. The Balaban J connectivity index is 2.47. The minimum absolute atomic E-state index is 0.00283. The highest BCUT2D eigenvalue weighted by Gasteiger charge is 2.40. The van der Waals surface area contributed by atoms with E-state index in [0.717, 1.165) is 6.42 Å². The van der Waals surface area contributed by atoms with Gasteiger partial charge in [-0.25, -0.2) is 0 Å². The van der Waals surface area contributed by atoms with Crippen molar-refractivity contribution in [1.29, 1.82) is 0 Å². The number of hydrogen-bond donors (Lipinski definition) is 1. The summed E-state index contributed by atoms with van der Waals surface area (Å²) in [7, 11) is 3.38. The third kappa shape index (κ3) is 3.76. The van der Waals surface area contributed by atoms with Crippen molar-refractivity contribution in [2.75, 3.05) is 20.6 Å². The largest absolute Gasteiger partial charge is 0.349 e. The minimum atomic E-state index is -0.475. The molecule has 0 bridgehead atoms. The molecule has 6 heteroatoms. The highest BCUT2D eigenvalue weighted by molar-refractivity contribution is 6.05. The maximum atomic E-state index is 12.1. The molecule has 1 aliphatic heterocycles. The van der Waals surface area contributed by atoms with E-state index in [1.165, 1.54) is 9.80 Å². The summed E-state index contributed by atoms with van der Waals surface area (Å²) in [5.74, 6) is -0.296. The second-order valence-electron chi connectivity index (χ2n) is 5.11. The fraction of sp³-hybridized carbons (Fsp3) is 0.769. The number of likely N-dealkylation sites (tertiary alicyclic amines) is 1. The van der Waals surface area contributed by atoms with E-state index in [4.69, 9.17) is 0 Å². The molecule has 1 N–H and O–H groups in total. The van der Waals surface area contributed by atoms with Crippen molar-refractivity contribution in [2.45, 2.75) is 45.2 Å². The molecule has 2 atom stereocenters. The highest BCUT2D eigenvalue weighted by atomic mass is 16.2. The molecule has 1 rings (SSSR count). The molecular weight excluding hydrogens is 246 g/mol. The van der Waals surface area contributed by atoms with Crippen molar-refractivity contribution in [3.05, 3.63) is 0 Å². The zero-order chi connectivity index (χ0) is 14.6. The predicted octanol–water partition coefficient (Wildman–Crippen LogP) is -0.0197. The molecule has 1 heterocycles. The van der Waals surface area contributed by atoms with Crippen LogP contribution in [0.25, 0.3) is 0 Å². The van der Waals surface area contributed by atoms with Gasteiger partial charge < -0.3 is 10.2 Å². The molecule has 0 aliphatic carbocycles. The lowest BCUT2D eigenvalue weighted by atomic mass is 10.2. The molecule has 108 valence electrons. The number of imide groups is 1. The number of nitrogens with one attached hydrogen (secondary N) is 1. The summed E-state index contributed by atoms with van der Waals surface area (Å²) in [6.45, 7) is 4.23. The Kier molecular flexibility index (Phi) is 5.47. The van der Waals surface area contributed by atoms with Crippen LogP contribution in [0.1, 0.15) is 33.1 Å². The van der Waals surface area contributed by atoms with Gasteiger partial charge in [0.25, 0.3) is 0 Å². The van der Waals surface area contributed by atoms with E-state index in [0.29, 0.717) is 13.0 Å². The summed E-state index contributed by atoms with van der Waals surface area (Å²) in [5, 5.41) is 3.00. The Morgan fingerprint density at radius 3 is 2.63 bits per heavy atom. The smallest absolute Gasteiger partial charge is 0.247 e. The zero-order valence-corrected chi connectivity index (χ0v) is 12.1. The summed E-state index contributed by atoms with van der Waals surface area (Å²) >= 11 is 0. The summed E-state index contributed by atoms with van der Waals surface area (Å²) in [4.78, 5) is 38.1. The molecule has 0 spiro atoms. The average molecular weight is 269 g/mol. The van der Waals surface area contributed by atoms with Gasteiger partial charge in [-0.3, -0.25) is 19.3 Å². The van der Waals surface area contributed by atoms with Gasteiger partial charge in [0.1, 0.15) is 0 Å². The van der Waals surface area contributed by atoms with Gasteiger partial charge in [0.2, 0.25) is 17.7 Å². The second kappa shape index (κ2) is 6.65. The summed E-state index contributed by atoms with van der Waals surface area (Å²) in [6, 6.07) is -0.535. The van der Waals surface area contributed by atoms with Crippen LogP contribution in [-0.2, 0) is 14.4 Å². The third-order valence-corrected chi connectivity index (χ3v) is 3.44. The Bertz CT molecular complexity index is 368. The summed E-state index contributed by atoms with van der Waals surface area (Å²) < 4.78 is 0. The van der Waals surface area contributed by atoms with Crippen LogP contribution in [0.15, 0.2) is 0 Å². The highest BCUT2D eigenvalue weighted by Crippen LogP contribution is 2.17. The molecule has 2 unspecified atom stereocenters. The maximum Gasteiger partial charge on any atom is 0.247 e. The van der Waals surface area contributed by atoms with E-state index < -0.39 is 6.04 Å². The topological polar surface area (TPSA) is 69.7 Å². The standard InChI is InChI=1S/C13H23N3O3/c1-5-9(2)16-12(18)8-10(13(16)19)14-7-6-11(17)15(3)4/h9-10,14H,5-8H2,1-4H3. The molecule has 0 saturated carbocycles. The molecule has 0 aromatic carbocycles. The minimum Gasteiger partial charge on any atom is -0.349 e. The van der Waals surface area contributed by atoms with Gasteiger partial charge in [0.15, 0.2) is 0 Å². The first-order chi connectivity index (χ1) is 8.88. The molecule has 6 nitrogen and oxygen atoms in total. The van der Waals surface area contributed by atoms with E-state index in [9.17, 15) is 14.4 Å². The van der Waals surface area contributed by atoms with Gasteiger partial charge in [0.05, 0.1) is 12.5 Å². The molecule has 1 aliphatic rings. The third-order valence-electron chi connectivity index (χ3n) is 3.44. The number of carbonyl (C=O) groups is 3. The quantitative estimate of drug-likeness (QED) is 0.688. The maximum absolute atomic E-state index is 12.1. The van der Waals surface area contributed by atoms with Gasteiger partial charge in [-0.05, 0) is 13.3 Å². The van der Waals surface area contributed by atoms with Crippen LogP contribution < -0.4 is 5.32 Å². The summed E-state index contributed by atoms with van der Waals surface area (Å²) in [6.07, 6.45) is 1.27. The monoisotopic (exact) mass is 269 g/mol.